The van der Waals surface area contributed by atoms with Crippen LogP contribution >= 0.6 is 11.3 Å². The third-order valence-electron chi connectivity index (χ3n) is 4.42. The molecule has 4 aromatic rings. The molecule has 30 heavy (non-hydrogen) atoms. The second-order valence-electron chi connectivity index (χ2n) is 6.31. The average molecular weight is 421 g/mol. The van der Waals surface area contributed by atoms with Gasteiger partial charge in [-0.3, -0.25) is 15.1 Å². The van der Waals surface area contributed by atoms with Gasteiger partial charge in [0.25, 0.3) is 5.91 Å². The molecule has 9 nitrogen and oxygen atoms in total. The first-order valence-corrected chi connectivity index (χ1v) is 10.1. The molecule has 0 spiro atoms. The Hall–Kier alpha value is -3.66. The van der Waals surface area contributed by atoms with Gasteiger partial charge in [-0.15, -0.1) is 10.2 Å². The Morgan fingerprint density at radius 2 is 2.10 bits per heavy atom. The summed E-state index contributed by atoms with van der Waals surface area (Å²) in [6, 6.07) is 9.13. The zero-order valence-electron chi connectivity index (χ0n) is 16.7. The predicted molar refractivity (Wildman–Crippen MR) is 113 cm³/mol. The standard InChI is InChI=1S/C20H19N7O2S/c1-4-15-13(11-22-27(15)16-8-9-17(29-3)26-25-16)19(28)24-20-23-12(2)18(30-20)14-7-5-6-10-21-14/h5-11H,4H2,1-3H3,(H,23,24,28). The molecule has 0 aromatic carbocycles. The molecule has 0 aliphatic carbocycles. The molecule has 0 aliphatic heterocycles. The summed E-state index contributed by atoms with van der Waals surface area (Å²) >= 11 is 1.39. The summed E-state index contributed by atoms with van der Waals surface area (Å²) < 4.78 is 6.64. The van der Waals surface area contributed by atoms with Gasteiger partial charge in [0.15, 0.2) is 10.9 Å². The molecule has 4 aromatic heterocycles. The number of carbonyl (C=O) groups excluding carboxylic acids is 1. The van der Waals surface area contributed by atoms with E-state index in [9.17, 15) is 4.79 Å². The second kappa shape index (κ2) is 8.37. The number of pyridine rings is 1. The Balaban J connectivity index is 1.59. The maximum Gasteiger partial charge on any atom is 0.260 e. The van der Waals surface area contributed by atoms with E-state index in [-0.39, 0.29) is 5.91 Å². The van der Waals surface area contributed by atoms with Gasteiger partial charge in [0, 0.05) is 12.3 Å². The largest absolute Gasteiger partial charge is 0.480 e. The summed E-state index contributed by atoms with van der Waals surface area (Å²) in [7, 11) is 1.52. The first-order chi connectivity index (χ1) is 14.6. The number of rotatable bonds is 6. The summed E-state index contributed by atoms with van der Waals surface area (Å²) in [6.45, 7) is 3.85. The quantitative estimate of drug-likeness (QED) is 0.509. The zero-order valence-corrected chi connectivity index (χ0v) is 17.5. The number of thiazole rings is 1. The van der Waals surface area contributed by atoms with Crippen molar-refractivity contribution >= 4 is 22.4 Å². The molecular weight excluding hydrogens is 402 g/mol. The van der Waals surface area contributed by atoms with Crippen LogP contribution in [0, 0.1) is 6.92 Å². The van der Waals surface area contributed by atoms with Crippen LogP contribution in [0.1, 0.15) is 28.7 Å². The SMILES string of the molecule is CCc1c(C(=O)Nc2nc(C)c(-c3ccccn3)s2)cnn1-c1ccc(OC)nn1. The van der Waals surface area contributed by atoms with Gasteiger partial charge in [-0.25, -0.2) is 9.67 Å². The van der Waals surface area contributed by atoms with Crippen LogP contribution in [0.3, 0.4) is 0 Å². The Labute approximate surface area is 176 Å². The lowest BCUT2D eigenvalue weighted by Crippen LogP contribution is -2.14. The van der Waals surface area contributed by atoms with Crippen molar-refractivity contribution in [3.8, 4) is 22.3 Å². The van der Waals surface area contributed by atoms with Crippen molar-refractivity contribution in [1.82, 2.24) is 29.9 Å². The van der Waals surface area contributed by atoms with E-state index in [1.54, 1.807) is 23.0 Å². The lowest BCUT2D eigenvalue weighted by Gasteiger charge is -2.07. The van der Waals surface area contributed by atoms with E-state index in [2.05, 4.69) is 30.6 Å². The maximum absolute atomic E-state index is 12.9. The van der Waals surface area contributed by atoms with Gasteiger partial charge >= 0.3 is 0 Å². The van der Waals surface area contributed by atoms with Crippen molar-refractivity contribution in [2.24, 2.45) is 0 Å². The molecule has 0 atom stereocenters. The van der Waals surface area contributed by atoms with Crippen molar-refractivity contribution < 1.29 is 9.53 Å². The number of aromatic nitrogens is 6. The molecule has 0 saturated carbocycles. The number of amides is 1. The Bertz CT molecular complexity index is 1170. The van der Waals surface area contributed by atoms with Crippen LogP contribution in [-0.4, -0.2) is 43.0 Å². The highest BCUT2D eigenvalue weighted by Gasteiger charge is 2.20. The normalized spacial score (nSPS) is 10.8. The van der Waals surface area contributed by atoms with Crippen molar-refractivity contribution in [3.05, 3.63) is 59.7 Å². The van der Waals surface area contributed by atoms with Crippen LogP contribution in [0.15, 0.2) is 42.7 Å². The molecule has 1 amide bonds. The second-order valence-corrected chi connectivity index (χ2v) is 7.31. The molecule has 0 aliphatic rings. The summed E-state index contributed by atoms with van der Waals surface area (Å²) in [6.07, 6.45) is 3.85. The van der Waals surface area contributed by atoms with E-state index in [4.69, 9.17) is 4.74 Å². The highest BCUT2D eigenvalue weighted by molar-refractivity contribution is 7.19. The molecular formula is C20H19N7O2S. The number of hydrogen-bond donors (Lipinski definition) is 1. The van der Waals surface area contributed by atoms with Crippen LogP contribution in [-0.2, 0) is 6.42 Å². The Kier molecular flexibility index (Phi) is 5.48. The minimum atomic E-state index is -0.277. The van der Waals surface area contributed by atoms with E-state index >= 15 is 0 Å². The van der Waals surface area contributed by atoms with E-state index in [1.165, 1.54) is 24.6 Å². The molecule has 10 heteroatoms. The molecule has 0 bridgehead atoms. The van der Waals surface area contributed by atoms with Gasteiger partial charge in [-0.1, -0.05) is 24.3 Å². The molecule has 4 heterocycles. The number of anilines is 1. The minimum absolute atomic E-state index is 0.277. The number of nitrogens with one attached hydrogen (secondary N) is 1. The summed E-state index contributed by atoms with van der Waals surface area (Å²) in [5.41, 5.74) is 2.83. The number of hydrogen-bond acceptors (Lipinski definition) is 8. The van der Waals surface area contributed by atoms with Crippen LogP contribution in [0.5, 0.6) is 5.88 Å². The first kappa shape index (κ1) is 19.6. The lowest BCUT2D eigenvalue weighted by atomic mass is 10.2. The fourth-order valence-corrected chi connectivity index (χ4v) is 3.92. The smallest absolute Gasteiger partial charge is 0.260 e. The molecule has 0 radical (unpaired) electrons. The van der Waals surface area contributed by atoms with Crippen LogP contribution in [0.25, 0.3) is 16.4 Å². The average Bonchev–Trinajstić information content (AvgIpc) is 3.37. The highest BCUT2D eigenvalue weighted by Crippen LogP contribution is 2.31. The topological polar surface area (TPSA) is 108 Å². The van der Waals surface area contributed by atoms with Crippen molar-refractivity contribution in [2.45, 2.75) is 20.3 Å². The van der Waals surface area contributed by atoms with Crippen LogP contribution in [0.4, 0.5) is 5.13 Å². The fourth-order valence-electron chi connectivity index (χ4n) is 2.98. The highest BCUT2D eigenvalue weighted by atomic mass is 32.1. The van der Waals surface area contributed by atoms with Gasteiger partial charge in [-0.05, 0) is 31.5 Å². The van der Waals surface area contributed by atoms with E-state index in [0.717, 1.165) is 22.0 Å². The Morgan fingerprint density at radius 1 is 1.23 bits per heavy atom. The summed E-state index contributed by atoms with van der Waals surface area (Å²) in [4.78, 5) is 22.7. The lowest BCUT2D eigenvalue weighted by molar-refractivity contribution is 0.102. The fraction of sp³-hybridized carbons (Fsp3) is 0.200. The van der Waals surface area contributed by atoms with Gasteiger partial charge in [0.1, 0.15) is 0 Å². The number of nitrogens with zero attached hydrogens (tertiary/aromatic N) is 6. The third-order valence-corrected chi connectivity index (χ3v) is 5.51. The van der Waals surface area contributed by atoms with Gasteiger partial charge < -0.3 is 4.74 Å². The van der Waals surface area contributed by atoms with Crippen LogP contribution < -0.4 is 10.1 Å². The third kappa shape index (κ3) is 3.77. The molecule has 1 N–H and O–H groups in total. The van der Waals surface area contributed by atoms with Gasteiger partial charge in [-0.2, -0.15) is 5.10 Å². The molecule has 4 rings (SSSR count). The maximum atomic E-state index is 12.9. The van der Waals surface area contributed by atoms with E-state index in [1.807, 2.05) is 32.0 Å². The van der Waals surface area contributed by atoms with Crippen molar-refractivity contribution in [2.75, 3.05) is 12.4 Å². The molecule has 0 saturated heterocycles. The monoisotopic (exact) mass is 421 g/mol. The Morgan fingerprint density at radius 3 is 2.77 bits per heavy atom. The van der Waals surface area contributed by atoms with E-state index in [0.29, 0.717) is 28.8 Å². The number of methoxy groups -OCH3 is 1. The summed E-state index contributed by atoms with van der Waals surface area (Å²) in [5, 5.41) is 15.8. The number of carbonyl (C=O) groups is 1. The van der Waals surface area contributed by atoms with Crippen molar-refractivity contribution in [3.63, 3.8) is 0 Å². The zero-order chi connectivity index (χ0) is 21.1. The van der Waals surface area contributed by atoms with Gasteiger partial charge in [0.05, 0.1) is 40.8 Å². The molecule has 0 fully saturated rings. The first-order valence-electron chi connectivity index (χ1n) is 9.26. The van der Waals surface area contributed by atoms with Crippen molar-refractivity contribution in [1.29, 1.82) is 0 Å². The molecule has 0 unspecified atom stereocenters. The van der Waals surface area contributed by atoms with E-state index < -0.39 is 0 Å². The molecule has 152 valence electrons. The summed E-state index contributed by atoms with van der Waals surface area (Å²) in [5.74, 6) is 0.639. The number of ether oxygens (including phenoxy) is 1. The number of aryl methyl sites for hydroxylation is 1. The van der Waals surface area contributed by atoms with Crippen LogP contribution in [0.2, 0.25) is 0 Å². The minimum Gasteiger partial charge on any atom is -0.480 e. The van der Waals surface area contributed by atoms with Gasteiger partial charge in [0.2, 0.25) is 5.88 Å². The predicted octanol–water partition coefficient (Wildman–Crippen LogP) is 3.31.